The minimum absolute atomic E-state index is 0.175. The van der Waals surface area contributed by atoms with Gasteiger partial charge in [-0.25, -0.2) is 13.1 Å². The predicted molar refractivity (Wildman–Crippen MR) is 123 cm³/mol. The van der Waals surface area contributed by atoms with E-state index < -0.39 is 10.0 Å². The lowest BCUT2D eigenvalue weighted by atomic mass is 10.1. The van der Waals surface area contributed by atoms with Gasteiger partial charge in [0, 0.05) is 19.2 Å². The van der Waals surface area contributed by atoms with Gasteiger partial charge in [-0.1, -0.05) is 90.6 Å². The van der Waals surface area contributed by atoms with Gasteiger partial charge in [-0.15, -0.1) is 10.2 Å². The number of nitrogens with one attached hydrogen (secondary N) is 1. The van der Waals surface area contributed by atoms with Crippen LogP contribution < -0.4 is 4.72 Å². The first-order valence-corrected chi connectivity index (χ1v) is 12.1. The summed E-state index contributed by atoms with van der Waals surface area (Å²) in [6, 6.07) is 28.0. The van der Waals surface area contributed by atoms with Crippen LogP contribution in [0.25, 0.3) is 11.4 Å². The first kappa shape index (κ1) is 21.3. The van der Waals surface area contributed by atoms with Gasteiger partial charge < -0.3 is 4.57 Å². The van der Waals surface area contributed by atoms with E-state index in [1.165, 1.54) is 11.8 Å². The van der Waals surface area contributed by atoms with Gasteiger partial charge in [-0.2, -0.15) is 0 Å². The maximum Gasteiger partial charge on any atom is 0.240 e. The number of nitrogens with zero attached hydrogens (tertiary/aromatic N) is 3. The third-order valence-electron chi connectivity index (χ3n) is 4.80. The fraction of sp³-hybridized carbons (Fsp3) is 0.130. The Morgan fingerprint density at radius 3 is 2.10 bits per heavy atom. The van der Waals surface area contributed by atoms with Crippen LogP contribution in [0.1, 0.15) is 10.8 Å². The standard InChI is InChI=1S/C23H22N4O2S2/c1-27-22(19-13-7-3-8-14-19)25-26-23(27)30-21(18-11-5-2-6-12-18)17-24-31(28,29)20-15-9-4-10-16-20/h2-16,21,24H,17H2,1H3. The van der Waals surface area contributed by atoms with Gasteiger partial charge >= 0.3 is 0 Å². The minimum Gasteiger partial charge on any atom is -0.305 e. The molecule has 4 aromatic rings. The zero-order chi connectivity index (χ0) is 21.7. The molecule has 1 heterocycles. The molecule has 1 N–H and O–H groups in total. The summed E-state index contributed by atoms with van der Waals surface area (Å²) in [6.45, 7) is 0.222. The molecule has 0 aliphatic rings. The molecule has 0 saturated carbocycles. The molecule has 0 spiro atoms. The molecule has 1 unspecified atom stereocenters. The second kappa shape index (κ2) is 9.47. The lowest BCUT2D eigenvalue weighted by Crippen LogP contribution is -2.27. The molecule has 0 aliphatic carbocycles. The van der Waals surface area contributed by atoms with Crippen molar-refractivity contribution in [2.75, 3.05) is 6.54 Å². The van der Waals surface area contributed by atoms with Crippen molar-refractivity contribution in [2.24, 2.45) is 7.05 Å². The Labute approximate surface area is 186 Å². The van der Waals surface area contributed by atoms with Crippen LogP contribution in [0, 0.1) is 0 Å². The van der Waals surface area contributed by atoms with Crippen molar-refractivity contribution < 1.29 is 8.42 Å². The van der Waals surface area contributed by atoms with Gasteiger partial charge in [0.1, 0.15) is 0 Å². The summed E-state index contributed by atoms with van der Waals surface area (Å²) in [5.41, 5.74) is 1.98. The van der Waals surface area contributed by atoms with E-state index in [-0.39, 0.29) is 16.7 Å². The maximum atomic E-state index is 12.7. The minimum atomic E-state index is -3.61. The van der Waals surface area contributed by atoms with Crippen LogP contribution >= 0.6 is 11.8 Å². The molecule has 3 aromatic carbocycles. The van der Waals surface area contributed by atoms with E-state index in [2.05, 4.69) is 14.9 Å². The van der Waals surface area contributed by atoms with Crippen LogP contribution in [0.2, 0.25) is 0 Å². The van der Waals surface area contributed by atoms with Crippen molar-refractivity contribution in [3.05, 3.63) is 96.6 Å². The van der Waals surface area contributed by atoms with E-state index in [1.807, 2.05) is 72.3 Å². The Bertz CT molecular complexity index is 1230. The normalized spacial score (nSPS) is 12.5. The molecule has 0 bridgehead atoms. The largest absolute Gasteiger partial charge is 0.305 e. The van der Waals surface area contributed by atoms with Crippen LogP contribution in [0.4, 0.5) is 0 Å². The molecule has 6 nitrogen and oxygen atoms in total. The van der Waals surface area contributed by atoms with E-state index in [9.17, 15) is 8.42 Å². The maximum absolute atomic E-state index is 12.7. The second-order valence-electron chi connectivity index (χ2n) is 6.91. The first-order valence-electron chi connectivity index (χ1n) is 9.76. The number of thioether (sulfide) groups is 1. The number of rotatable bonds is 8. The molecule has 8 heteroatoms. The Hall–Kier alpha value is -2.94. The van der Waals surface area contributed by atoms with Gasteiger partial charge in [0.15, 0.2) is 11.0 Å². The second-order valence-corrected chi connectivity index (χ2v) is 9.85. The van der Waals surface area contributed by atoms with Crippen molar-refractivity contribution in [3.63, 3.8) is 0 Å². The molecule has 31 heavy (non-hydrogen) atoms. The summed E-state index contributed by atoms with van der Waals surface area (Å²) in [4.78, 5) is 0.247. The Kier molecular flexibility index (Phi) is 6.50. The molecule has 158 valence electrons. The molecular weight excluding hydrogens is 428 g/mol. The molecule has 0 radical (unpaired) electrons. The molecule has 1 atom stereocenters. The SMILES string of the molecule is Cn1c(SC(CNS(=O)(=O)c2ccccc2)c2ccccc2)nnc1-c1ccccc1. The number of hydrogen-bond donors (Lipinski definition) is 1. The Balaban J connectivity index is 1.58. The van der Waals surface area contributed by atoms with Gasteiger partial charge in [-0.05, 0) is 17.7 Å². The lowest BCUT2D eigenvalue weighted by Gasteiger charge is -2.17. The summed E-state index contributed by atoms with van der Waals surface area (Å²) in [6.07, 6.45) is 0. The molecule has 1 aromatic heterocycles. The lowest BCUT2D eigenvalue weighted by molar-refractivity contribution is 0.581. The van der Waals surface area contributed by atoms with E-state index >= 15 is 0 Å². The first-order chi connectivity index (χ1) is 15.0. The van der Waals surface area contributed by atoms with E-state index in [4.69, 9.17) is 0 Å². The van der Waals surface area contributed by atoms with Crippen LogP contribution in [0.15, 0.2) is 101 Å². The van der Waals surface area contributed by atoms with Gasteiger partial charge in [0.25, 0.3) is 0 Å². The topological polar surface area (TPSA) is 76.9 Å². The number of hydrogen-bond acceptors (Lipinski definition) is 5. The number of benzene rings is 3. The van der Waals surface area contributed by atoms with Crippen molar-refractivity contribution in [1.82, 2.24) is 19.5 Å². The van der Waals surface area contributed by atoms with Gasteiger partial charge in [0.05, 0.1) is 10.1 Å². The average molecular weight is 451 g/mol. The quantitative estimate of drug-likeness (QED) is 0.405. The molecule has 4 rings (SSSR count). The van der Waals surface area contributed by atoms with Crippen LogP contribution in [-0.2, 0) is 17.1 Å². The summed E-state index contributed by atoms with van der Waals surface area (Å²) < 4.78 is 30.1. The summed E-state index contributed by atoms with van der Waals surface area (Å²) in [5.74, 6) is 0.764. The molecule has 0 aliphatic heterocycles. The van der Waals surface area contributed by atoms with E-state index in [1.54, 1.807) is 30.3 Å². The van der Waals surface area contributed by atoms with Gasteiger partial charge in [0.2, 0.25) is 10.0 Å². The highest BCUT2D eigenvalue weighted by molar-refractivity contribution is 7.99. The monoisotopic (exact) mass is 450 g/mol. The third-order valence-corrected chi connectivity index (χ3v) is 7.53. The highest BCUT2D eigenvalue weighted by Gasteiger charge is 2.22. The van der Waals surface area contributed by atoms with Crippen LogP contribution in [-0.4, -0.2) is 29.7 Å². The predicted octanol–water partition coefficient (Wildman–Crippen LogP) is 4.29. The molecule has 0 fully saturated rings. The fourth-order valence-corrected chi connectivity index (χ4v) is 5.37. The van der Waals surface area contributed by atoms with Crippen LogP contribution in [0.5, 0.6) is 0 Å². The molecule has 0 saturated heterocycles. The number of sulfonamides is 1. The van der Waals surface area contributed by atoms with Crippen molar-refractivity contribution in [1.29, 1.82) is 0 Å². The summed E-state index contributed by atoms with van der Waals surface area (Å²) >= 11 is 1.48. The van der Waals surface area contributed by atoms with E-state index in [0.717, 1.165) is 17.0 Å². The summed E-state index contributed by atoms with van der Waals surface area (Å²) in [5, 5.41) is 9.24. The zero-order valence-corrected chi connectivity index (χ0v) is 18.6. The fourth-order valence-electron chi connectivity index (χ4n) is 3.15. The molecule has 0 amide bonds. The van der Waals surface area contributed by atoms with Crippen LogP contribution in [0.3, 0.4) is 0 Å². The van der Waals surface area contributed by atoms with Crippen molar-refractivity contribution in [2.45, 2.75) is 15.3 Å². The van der Waals surface area contributed by atoms with Crippen molar-refractivity contribution >= 4 is 21.8 Å². The Morgan fingerprint density at radius 1 is 0.871 bits per heavy atom. The highest BCUT2D eigenvalue weighted by atomic mass is 32.2. The summed E-state index contributed by atoms with van der Waals surface area (Å²) in [7, 11) is -1.69. The highest BCUT2D eigenvalue weighted by Crippen LogP contribution is 2.35. The third kappa shape index (κ3) is 5.04. The van der Waals surface area contributed by atoms with Gasteiger partial charge in [-0.3, -0.25) is 0 Å². The zero-order valence-electron chi connectivity index (χ0n) is 16.9. The van der Waals surface area contributed by atoms with Crippen molar-refractivity contribution in [3.8, 4) is 11.4 Å². The smallest absolute Gasteiger partial charge is 0.240 e. The average Bonchev–Trinajstić information content (AvgIpc) is 3.18. The van der Waals surface area contributed by atoms with E-state index in [0.29, 0.717) is 5.16 Å². The molecular formula is C23H22N4O2S2. The Morgan fingerprint density at radius 2 is 1.45 bits per heavy atom. The number of aromatic nitrogens is 3.